The lowest BCUT2D eigenvalue weighted by atomic mass is 10.2. The number of carbonyl (C=O) groups excluding carboxylic acids is 1. The summed E-state index contributed by atoms with van der Waals surface area (Å²) in [5, 5.41) is 9.43. The maximum atomic E-state index is 11.5. The van der Waals surface area contributed by atoms with Gasteiger partial charge in [0.05, 0.1) is 11.8 Å². The van der Waals surface area contributed by atoms with Crippen molar-refractivity contribution in [2.75, 3.05) is 6.54 Å². The zero-order chi connectivity index (χ0) is 9.26. The summed E-state index contributed by atoms with van der Waals surface area (Å²) in [6, 6.07) is 0. The summed E-state index contributed by atoms with van der Waals surface area (Å²) in [4.78, 5) is 11.5. The molecule has 1 heterocycles. The molecule has 0 radical (unpaired) electrons. The summed E-state index contributed by atoms with van der Waals surface area (Å²) >= 11 is 0. The SMILES string of the molecule is Cc1[nH]ncc1C(=O)NCC1CC1. The average molecular weight is 179 g/mol. The molecule has 0 saturated heterocycles. The first-order valence-electron chi connectivity index (χ1n) is 4.55. The lowest BCUT2D eigenvalue weighted by Gasteiger charge is -2.01. The van der Waals surface area contributed by atoms with E-state index in [0.29, 0.717) is 5.56 Å². The Hall–Kier alpha value is -1.32. The highest BCUT2D eigenvalue weighted by Gasteiger charge is 2.22. The molecule has 1 fully saturated rings. The predicted octanol–water partition coefficient (Wildman–Crippen LogP) is 0.858. The van der Waals surface area contributed by atoms with Gasteiger partial charge in [-0.25, -0.2) is 0 Å². The third-order valence-corrected chi connectivity index (χ3v) is 2.32. The van der Waals surface area contributed by atoms with Crippen molar-refractivity contribution >= 4 is 5.91 Å². The van der Waals surface area contributed by atoms with Crippen LogP contribution in [0.1, 0.15) is 28.9 Å². The monoisotopic (exact) mass is 179 g/mol. The maximum Gasteiger partial charge on any atom is 0.254 e. The van der Waals surface area contributed by atoms with E-state index in [1.165, 1.54) is 12.8 Å². The Labute approximate surface area is 76.7 Å². The van der Waals surface area contributed by atoms with Gasteiger partial charge in [-0.05, 0) is 25.7 Å². The van der Waals surface area contributed by atoms with Crippen LogP contribution in [-0.4, -0.2) is 22.6 Å². The van der Waals surface area contributed by atoms with Crippen molar-refractivity contribution in [1.29, 1.82) is 0 Å². The standard InChI is InChI=1S/C9H13N3O/c1-6-8(5-11-12-6)9(13)10-4-7-2-3-7/h5,7H,2-4H2,1H3,(H,10,13)(H,11,12). The minimum Gasteiger partial charge on any atom is -0.352 e. The van der Waals surface area contributed by atoms with Crippen LogP contribution >= 0.6 is 0 Å². The number of aryl methyl sites for hydroxylation is 1. The van der Waals surface area contributed by atoms with Crippen LogP contribution in [0.2, 0.25) is 0 Å². The van der Waals surface area contributed by atoms with E-state index in [-0.39, 0.29) is 5.91 Å². The van der Waals surface area contributed by atoms with Gasteiger partial charge in [-0.15, -0.1) is 0 Å². The molecule has 4 heteroatoms. The molecule has 1 aromatic rings. The Morgan fingerprint density at radius 2 is 2.54 bits per heavy atom. The fraction of sp³-hybridized carbons (Fsp3) is 0.556. The van der Waals surface area contributed by atoms with Crippen molar-refractivity contribution in [2.24, 2.45) is 5.92 Å². The van der Waals surface area contributed by atoms with Gasteiger partial charge in [0, 0.05) is 12.2 Å². The number of hydrogen-bond donors (Lipinski definition) is 2. The first-order chi connectivity index (χ1) is 6.27. The lowest BCUT2D eigenvalue weighted by molar-refractivity contribution is 0.0951. The topological polar surface area (TPSA) is 57.8 Å². The number of carbonyl (C=O) groups is 1. The maximum absolute atomic E-state index is 11.5. The first kappa shape index (κ1) is 8.29. The van der Waals surface area contributed by atoms with Crippen molar-refractivity contribution in [1.82, 2.24) is 15.5 Å². The third kappa shape index (κ3) is 1.88. The highest BCUT2D eigenvalue weighted by molar-refractivity contribution is 5.94. The Bertz CT molecular complexity index is 314. The van der Waals surface area contributed by atoms with Crippen molar-refractivity contribution in [3.05, 3.63) is 17.5 Å². The van der Waals surface area contributed by atoms with Gasteiger partial charge in [0.15, 0.2) is 0 Å². The van der Waals surface area contributed by atoms with Gasteiger partial charge in [-0.2, -0.15) is 5.10 Å². The largest absolute Gasteiger partial charge is 0.352 e. The van der Waals surface area contributed by atoms with E-state index >= 15 is 0 Å². The molecule has 0 bridgehead atoms. The van der Waals surface area contributed by atoms with Gasteiger partial charge in [0.25, 0.3) is 5.91 Å². The molecule has 2 N–H and O–H groups in total. The Morgan fingerprint density at radius 3 is 3.08 bits per heavy atom. The second kappa shape index (κ2) is 3.20. The van der Waals surface area contributed by atoms with Crippen LogP contribution in [-0.2, 0) is 0 Å². The highest BCUT2D eigenvalue weighted by atomic mass is 16.1. The third-order valence-electron chi connectivity index (χ3n) is 2.32. The zero-order valence-electron chi connectivity index (χ0n) is 7.63. The van der Waals surface area contributed by atoms with Crippen LogP contribution in [0.25, 0.3) is 0 Å². The molecule has 0 spiro atoms. The summed E-state index contributed by atoms with van der Waals surface area (Å²) in [6.45, 7) is 2.66. The molecule has 0 atom stereocenters. The van der Waals surface area contributed by atoms with Crippen LogP contribution in [0.15, 0.2) is 6.20 Å². The Morgan fingerprint density at radius 1 is 1.77 bits per heavy atom. The molecule has 4 nitrogen and oxygen atoms in total. The van der Waals surface area contributed by atoms with Crippen molar-refractivity contribution in [3.8, 4) is 0 Å². The Balaban J connectivity index is 1.92. The van der Waals surface area contributed by atoms with E-state index in [2.05, 4.69) is 15.5 Å². The predicted molar refractivity (Wildman–Crippen MR) is 48.4 cm³/mol. The summed E-state index contributed by atoms with van der Waals surface area (Å²) in [7, 11) is 0. The molecular weight excluding hydrogens is 166 g/mol. The molecule has 2 rings (SSSR count). The molecule has 70 valence electrons. The number of aromatic amines is 1. The second-order valence-electron chi connectivity index (χ2n) is 3.56. The van der Waals surface area contributed by atoms with Crippen LogP contribution in [0.4, 0.5) is 0 Å². The van der Waals surface area contributed by atoms with Crippen LogP contribution in [0, 0.1) is 12.8 Å². The normalized spacial score (nSPS) is 15.8. The molecule has 1 saturated carbocycles. The minimum atomic E-state index is -0.0156. The number of nitrogens with zero attached hydrogens (tertiary/aromatic N) is 1. The quantitative estimate of drug-likeness (QED) is 0.723. The van der Waals surface area contributed by atoms with Gasteiger partial charge in [-0.3, -0.25) is 9.89 Å². The Kier molecular flexibility index (Phi) is 2.04. The van der Waals surface area contributed by atoms with Gasteiger partial charge >= 0.3 is 0 Å². The molecule has 1 amide bonds. The number of rotatable bonds is 3. The first-order valence-corrected chi connectivity index (χ1v) is 4.55. The van der Waals surface area contributed by atoms with Crippen molar-refractivity contribution in [3.63, 3.8) is 0 Å². The summed E-state index contributed by atoms with van der Waals surface area (Å²) in [5.74, 6) is 0.703. The van der Waals surface area contributed by atoms with Gasteiger partial charge < -0.3 is 5.32 Å². The van der Waals surface area contributed by atoms with E-state index in [1.807, 2.05) is 6.92 Å². The highest BCUT2D eigenvalue weighted by Crippen LogP contribution is 2.27. The molecule has 1 aliphatic rings. The minimum absolute atomic E-state index is 0.0156. The molecule has 13 heavy (non-hydrogen) atoms. The molecule has 1 aliphatic carbocycles. The molecular formula is C9H13N3O. The second-order valence-corrected chi connectivity index (χ2v) is 3.56. The average Bonchev–Trinajstić information content (AvgIpc) is 2.84. The van der Waals surface area contributed by atoms with Crippen LogP contribution in [0.3, 0.4) is 0 Å². The van der Waals surface area contributed by atoms with E-state index in [9.17, 15) is 4.79 Å². The van der Waals surface area contributed by atoms with Gasteiger partial charge in [0.1, 0.15) is 0 Å². The fourth-order valence-corrected chi connectivity index (χ4v) is 1.23. The number of amides is 1. The van der Waals surface area contributed by atoms with E-state index < -0.39 is 0 Å². The van der Waals surface area contributed by atoms with Crippen LogP contribution < -0.4 is 5.32 Å². The van der Waals surface area contributed by atoms with Crippen molar-refractivity contribution in [2.45, 2.75) is 19.8 Å². The van der Waals surface area contributed by atoms with E-state index in [4.69, 9.17) is 0 Å². The fourth-order valence-electron chi connectivity index (χ4n) is 1.23. The molecule has 1 aromatic heterocycles. The molecule has 0 aromatic carbocycles. The molecule has 0 aliphatic heterocycles. The van der Waals surface area contributed by atoms with Crippen LogP contribution in [0.5, 0.6) is 0 Å². The summed E-state index contributed by atoms with van der Waals surface area (Å²) in [6.07, 6.45) is 4.08. The lowest BCUT2D eigenvalue weighted by Crippen LogP contribution is -2.25. The smallest absolute Gasteiger partial charge is 0.254 e. The summed E-state index contributed by atoms with van der Waals surface area (Å²) in [5.41, 5.74) is 1.48. The molecule has 0 unspecified atom stereocenters. The van der Waals surface area contributed by atoms with Gasteiger partial charge in [0.2, 0.25) is 0 Å². The van der Waals surface area contributed by atoms with E-state index in [1.54, 1.807) is 6.20 Å². The zero-order valence-corrected chi connectivity index (χ0v) is 7.63. The number of nitrogens with one attached hydrogen (secondary N) is 2. The number of H-pyrrole nitrogens is 1. The van der Waals surface area contributed by atoms with Gasteiger partial charge in [-0.1, -0.05) is 0 Å². The van der Waals surface area contributed by atoms with E-state index in [0.717, 1.165) is 18.2 Å². The van der Waals surface area contributed by atoms with Crippen molar-refractivity contribution < 1.29 is 4.79 Å². The summed E-state index contributed by atoms with van der Waals surface area (Å²) < 4.78 is 0. The number of hydrogen-bond acceptors (Lipinski definition) is 2. The number of aromatic nitrogens is 2.